The van der Waals surface area contributed by atoms with E-state index in [-0.39, 0.29) is 32.7 Å². The number of ether oxygens (including phenoxy) is 4. The first-order valence-corrected chi connectivity index (χ1v) is 10.6. The number of hydrogen-bond donors (Lipinski definition) is 1. The van der Waals surface area contributed by atoms with Gasteiger partial charge in [0.05, 0.1) is 19.8 Å². The van der Waals surface area contributed by atoms with E-state index in [4.69, 9.17) is 24.7 Å². The van der Waals surface area contributed by atoms with Gasteiger partial charge in [0.25, 0.3) is 5.60 Å². The lowest BCUT2D eigenvalue weighted by molar-refractivity contribution is -0.192. The Hall–Kier alpha value is -2.45. The molecule has 0 fully saturated rings. The van der Waals surface area contributed by atoms with Crippen LogP contribution >= 0.6 is 0 Å². The third-order valence-electron chi connectivity index (χ3n) is 4.31. The number of esters is 3. The molecule has 0 amide bonds. The summed E-state index contributed by atoms with van der Waals surface area (Å²) >= 11 is 0. The highest BCUT2D eigenvalue weighted by molar-refractivity contribution is 6.03. The van der Waals surface area contributed by atoms with Crippen LogP contribution in [0.2, 0.25) is 0 Å². The highest BCUT2D eigenvalue weighted by Gasteiger charge is 2.50. The molecule has 8 heteroatoms. The number of carbonyl (C=O) groups is 3. The minimum absolute atomic E-state index is 0.0299. The highest BCUT2D eigenvalue weighted by Crippen LogP contribution is 2.25. The van der Waals surface area contributed by atoms with Gasteiger partial charge in [-0.25, -0.2) is 9.59 Å². The second kappa shape index (κ2) is 12.4. The molecular formula is C23H35NO7. The Morgan fingerprint density at radius 2 is 1.52 bits per heavy atom. The van der Waals surface area contributed by atoms with Crippen LogP contribution in [0.1, 0.15) is 53.0 Å². The molecule has 0 aromatic heterocycles. The summed E-state index contributed by atoms with van der Waals surface area (Å²) in [5.41, 5.74) is 4.22. The van der Waals surface area contributed by atoms with E-state index >= 15 is 0 Å². The molecule has 8 nitrogen and oxygen atoms in total. The van der Waals surface area contributed by atoms with Crippen LogP contribution in [0.4, 0.5) is 0 Å². The fourth-order valence-electron chi connectivity index (χ4n) is 2.81. The van der Waals surface area contributed by atoms with Gasteiger partial charge in [-0.05, 0) is 53.0 Å². The van der Waals surface area contributed by atoms with Crippen LogP contribution in [-0.2, 0) is 39.8 Å². The number of carbonyl (C=O) groups excluding carboxylic acids is 3. The summed E-state index contributed by atoms with van der Waals surface area (Å²) < 4.78 is 21.4. The Labute approximate surface area is 184 Å². The van der Waals surface area contributed by atoms with Crippen molar-refractivity contribution >= 4 is 17.9 Å². The molecule has 0 bridgehead atoms. The zero-order valence-corrected chi connectivity index (χ0v) is 19.1. The maximum absolute atomic E-state index is 12.8. The van der Waals surface area contributed by atoms with Crippen molar-refractivity contribution in [3.63, 3.8) is 0 Å². The third kappa shape index (κ3) is 8.67. The van der Waals surface area contributed by atoms with Gasteiger partial charge in [-0.1, -0.05) is 30.3 Å². The average Bonchev–Trinajstić information content (AvgIpc) is 2.70. The first kappa shape index (κ1) is 26.6. The molecule has 0 heterocycles. The van der Waals surface area contributed by atoms with E-state index in [0.29, 0.717) is 6.42 Å². The van der Waals surface area contributed by atoms with E-state index in [0.717, 1.165) is 5.56 Å². The maximum atomic E-state index is 12.8. The van der Waals surface area contributed by atoms with Crippen LogP contribution in [0.3, 0.4) is 0 Å². The normalized spacial score (nSPS) is 12.7. The minimum atomic E-state index is -2.01. The summed E-state index contributed by atoms with van der Waals surface area (Å²) in [5.74, 6) is -2.35. The second-order valence-corrected chi connectivity index (χ2v) is 8.03. The van der Waals surface area contributed by atoms with Crippen molar-refractivity contribution in [2.24, 2.45) is 5.73 Å². The van der Waals surface area contributed by atoms with Crippen LogP contribution in [0.5, 0.6) is 0 Å². The summed E-state index contributed by atoms with van der Waals surface area (Å²) in [6.45, 7) is 8.63. The summed E-state index contributed by atoms with van der Waals surface area (Å²) in [5, 5.41) is 0. The van der Waals surface area contributed by atoms with Crippen molar-refractivity contribution in [3.05, 3.63) is 35.9 Å². The Bertz CT molecular complexity index is 694. The highest BCUT2D eigenvalue weighted by atomic mass is 16.6. The van der Waals surface area contributed by atoms with Crippen LogP contribution < -0.4 is 5.73 Å². The number of nitrogens with two attached hydrogens (primary N) is 1. The minimum Gasteiger partial charge on any atom is -0.463 e. The summed E-state index contributed by atoms with van der Waals surface area (Å²) in [6, 6.07) is 8.46. The van der Waals surface area contributed by atoms with Gasteiger partial charge in [0.2, 0.25) is 0 Å². The molecule has 0 aliphatic rings. The lowest BCUT2D eigenvalue weighted by atomic mass is 9.94. The Balaban J connectivity index is 3.03. The summed E-state index contributed by atoms with van der Waals surface area (Å²) in [7, 11) is 0. The van der Waals surface area contributed by atoms with E-state index in [2.05, 4.69) is 0 Å². The SMILES string of the molecule is CCOC(=O)C(CCC(N)C(=O)OC(C)(C)C)(OCCc1ccccc1)C(=O)OCC. The molecule has 0 aliphatic carbocycles. The van der Waals surface area contributed by atoms with Crippen molar-refractivity contribution in [2.45, 2.75) is 71.1 Å². The summed E-state index contributed by atoms with van der Waals surface area (Å²) in [4.78, 5) is 37.9. The van der Waals surface area contributed by atoms with E-state index in [9.17, 15) is 14.4 Å². The first-order valence-electron chi connectivity index (χ1n) is 10.6. The van der Waals surface area contributed by atoms with Crippen LogP contribution in [-0.4, -0.2) is 55.0 Å². The summed E-state index contributed by atoms with van der Waals surface area (Å²) in [6.07, 6.45) is 0.261. The monoisotopic (exact) mass is 437 g/mol. The Morgan fingerprint density at radius 1 is 0.968 bits per heavy atom. The molecule has 0 spiro atoms. The fraction of sp³-hybridized carbons (Fsp3) is 0.609. The average molecular weight is 438 g/mol. The molecule has 0 saturated carbocycles. The van der Waals surface area contributed by atoms with Gasteiger partial charge < -0.3 is 24.7 Å². The van der Waals surface area contributed by atoms with E-state index in [1.807, 2.05) is 30.3 Å². The molecule has 174 valence electrons. The smallest absolute Gasteiger partial charge is 0.350 e. The van der Waals surface area contributed by atoms with Crippen molar-refractivity contribution < 1.29 is 33.3 Å². The molecule has 0 radical (unpaired) electrons. The molecule has 31 heavy (non-hydrogen) atoms. The second-order valence-electron chi connectivity index (χ2n) is 8.03. The van der Waals surface area contributed by atoms with Crippen molar-refractivity contribution in [1.29, 1.82) is 0 Å². The zero-order valence-electron chi connectivity index (χ0n) is 19.1. The van der Waals surface area contributed by atoms with Crippen LogP contribution in [0.15, 0.2) is 30.3 Å². The molecular weight excluding hydrogens is 402 g/mol. The fourth-order valence-corrected chi connectivity index (χ4v) is 2.81. The molecule has 2 N–H and O–H groups in total. The van der Waals surface area contributed by atoms with Gasteiger partial charge >= 0.3 is 17.9 Å². The lowest BCUT2D eigenvalue weighted by Gasteiger charge is -2.30. The topological polar surface area (TPSA) is 114 Å². The van der Waals surface area contributed by atoms with Gasteiger partial charge in [0.1, 0.15) is 11.6 Å². The van der Waals surface area contributed by atoms with Gasteiger partial charge in [-0.2, -0.15) is 0 Å². The Kier molecular flexibility index (Phi) is 10.6. The van der Waals surface area contributed by atoms with Gasteiger partial charge in [-0.3, -0.25) is 4.79 Å². The van der Waals surface area contributed by atoms with Crippen molar-refractivity contribution in [2.75, 3.05) is 19.8 Å². The molecule has 0 aliphatic heterocycles. The quantitative estimate of drug-likeness (QED) is 0.301. The molecule has 1 unspecified atom stereocenters. The largest absolute Gasteiger partial charge is 0.463 e. The molecule has 0 saturated heterocycles. The van der Waals surface area contributed by atoms with E-state index in [1.165, 1.54) is 0 Å². The van der Waals surface area contributed by atoms with Crippen molar-refractivity contribution in [3.8, 4) is 0 Å². The van der Waals surface area contributed by atoms with E-state index < -0.39 is 35.2 Å². The number of hydrogen-bond acceptors (Lipinski definition) is 8. The van der Waals surface area contributed by atoms with Crippen molar-refractivity contribution in [1.82, 2.24) is 0 Å². The van der Waals surface area contributed by atoms with Gasteiger partial charge in [0, 0.05) is 6.42 Å². The predicted octanol–water partition coefficient (Wildman–Crippen LogP) is 2.56. The molecule has 1 atom stereocenters. The van der Waals surface area contributed by atoms with E-state index in [1.54, 1.807) is 34.6 Å². The molecule has 1 aromatic rings. The first-order chi connectivity index (χ1) is 14.6. The maximum Gasteiger partial charge on any atom is 0.350 e. The van der Waals surface area contributed by atoms with Gasteiger partial charge in [0.15, 0.2) is 0 Å². The lowest BCUT2D eigenvalue weighted by Crippen LogP contribution is -2.53. The zero-order chi connectivity index (χ0) is 23.5. The molecule has 1 aromatic carbocycles. The number of rotatable bonds is 12. The van der Waals surface area contributed by atoms with Gasteiger partial charge in [-0.15, -0.1) is 0 Å². The molecule has 1 rings (SSSR count). The third-order valence-corrected chi connectivity index (χ3v) is 4.31. The standard InChI is InChI=1S/C23H35NO7/c1-6-28-20(26)23(21(27)29-7-2,30-16-14-17-11-9-8-10-12-17)15-13-18(24)19(25)31-22(3,4)5/h8-12,18H,6-7,13-16,24H2,1-5H3. The Morgan fingerprint density at radius 3 is 2.00 bits per heavy atom. The predicted molar refractivity (Wildman–Crippen MR) is 115 cm³/mol. The number of benzene rings is 1. The van der Waals surface area contributed by atoms with Crippen LogP contribution in [0.25, 0.3) is 0 Å². The van der Waals surface area contributed by atoms with Crippen LogP contribution in [0, 0.1) is 0 Å².